The van der Waals surface area contributed by atoms with E-state index in [4.69, 9.17) is 4.74 Å². The number of aryl methyl sites for hydroxylation is 1. The number of rotatable bonds is 5. The lowest BCUT2D eigenvalue weighted by Crippen LogP contribution is -2.11. The van der Waals surface area contributed by atoms with Crippen molar-refractivity contribution in [1.29, 1.82) is 0 Å². The topological polar surface area (TPSA) is 72.6 Å². The van der Waals surface area contributed by atoms with Gasteiger partial charge in [-0.1, -0.05) is 12.1 Å². The lowest BCUT2D eigenvalue weighted by Gasteiger charge is -2.13. The Kier molecular flexibility index (Phi) is 4.67. The van der Waals surface area contributed by atoms with Crippen LogP contribution in [-0.4, -0.2) is 16.6 Å². The summed E-state index contributed by atoms with van der Waals surface area (Å²) in [6.07, 6.45) is -1.24. The van der Waals surface area contributed by atoms with E-state index in [9.17, 15) is 24.0 Å². The minimum atomic E-state index is -1.24. The first-order chi connectivity index (χ1) is 10.4. The van der Waals surface area contributed by atoms with Gasteiger partial charge in [0, 0.05) is 6.07 Å². The molecule has 0 saturated heterocycles. The number of halogens is 2. The van der Waals surface area contributed by atoms with Crippen LogP contribution in [0.25, 0.3) is 0 Å². The quantitative estimate of drug-likeness (QED) is 0.679. The van der Waals surface area contributed by atoms with Gasteiger partial charge in [0.15, 0.2) is 17.4 Å². The predicted octanol–water partition coefficient (Wildman–Crippen LogP) is 3.29. The molecule has 0 aliphatic carbocycles. The molecule has 116 valence electrons. The van der Waals surface area contributed by atoms with E-state index in [0.29, 0.717) is 5.56 Å². The highest BCUT2D eigenvalue weighted by atomic mass is 19.2. The van der Waals surface area contributed by atoms with E-state index in [1.165, 1.54) is 18.2 Å². The Morgan fingerprint density at radius 2 is 1.95 bits per heavy atom. The molecule has 2 aromatic carbocycles. The molecule has 0 saturated carbocycles. The van der Waals surface area contributed by atoms with Crippen molar-refractivity contribution in [2.24, 2.45) is 0 Å². The number of ether oxygens (including phenoxy) is 1. The zero-order chi connectivity index (χ0) is 16.3. The Morgan fingerprint density at radius 3 is 2.59 bits per heavy atom. The molecule has 0 spiro atoms. The first kappa shape index (κ1) is 15.8. The molecule has 22 heavy (non-hydrogen) atoms. The van der Waals surface area contributed by atoms with Gasteiger partial charge >= 0.3 is 5.69 Å². The normalized spacial score (nSPS) is 12.0. The van der Waals surface area contributed by atoms with Crippen LogP contribution in [0.3, 0.4) is 0 Å². The fraction of sp³-hybridized carbons (Fsp3) is 0.200. The molecule has 2 rings (SSSR count). The van der Waals surface area contributed by atoms with E-state index >= 15 is 0 Å². The maximum absolute atomic E-state index is 13.1. The summed E-state index contributed by atoms with van der Waals surface area (Å²) in [5.41, 5.74) is 0.589. The minimum absolute atomic E-state index is 0.00256. The fourth-order valence-electron chi connectivity index (χ4n) is 1.88. The molecule has 5 nitrogen and oxygen atoms in total. The van der Waals surface area contributed by atoms with Crippen molar-refractivity contribution in [3.8, 4) is 5.75 Å². The van der Waals surface area contributed by atoms with Gasteiger partial charge in [-0.2, -0.15) is 0 Å². The van der Waals surface area contributed by atoms with Crippen LogP contribution in [0.5, 0.6) is 5.75 Å². The van der Waals surface area contributed by atoms with Crippen molar-refractivity contribution in [3.05, 3.63) is 69.3 Å². The highest BCUT2D eigenvalue weighted by molar-refractivity contribution is 5.48. The van der Waals surface area contributed by atoms with Crippen molar-refractivity contribution in [2.75, 3.05) is 6.61 Å². The summed E-state index contributed by atoms with van der Waals surface area (Å²) < 4.78 is 31.2. The zero-order valence-electron chi connectivity index (χ0n) is 11.6. The fourth-order valence-corrected chi connectivity index (χ4v) is 1.88. The molecule has 1 N–H and O–H groups in total. The van der Waals surface area contributed by atoms with Crippen molar-refractivity contribution < 1.29 is 23.5 Å². The first-order valence-corrected chi connectivity index (χ1v) is 6.39. The Bertz CT molecular complexity index is 706. The van der Waals surface area contributed by atoms with Crippen molar-refractivity contribution >= 4 is 5.69 Å². The minimum Gasteiger partial charge on any atom is -0.484 e. The highest BCUT2D eigenvalue weighted by Gasteiger charge is 2.17. The lowest BCUT2D eigenvalue weighted by molar-refractivity contribution is -0.386. The Balaban J connectivity index is 2.12. The number of nitro groups is 1. The molecule has 2 aromatic rings. The molecular formula is C15H13F2NO4. The monoisotopic (exact) mass is 309 g/mol. The molecule has 7 heteroatoms. The van der Waals surface area contributed by atoms with Crippen LogP contribution in [-0.2, 0) is 0 Å². The Morgan fingerprint density at radius 1 is 1.23 bits per heavy atom. The molecule has 1 atom stereocenters. The predicted molar refractivity (Wildman–Crippen MR) is 74.6 cm³/mol. The molecule has 0 bridgehead atoms. The summed E-state index contributed by atoms with van der Waals surface area (Å²) >= 11 is 0. The van der Waals surface area contributed by atoms with Crippen LogP contribution < -0.4 is 4.74 Å². The summed E-state index contributed by atoms with van der Waals surface area (Å²) in [4.78, 5) is 10.4. The van der Waals surface area contributed by atoms with Gasteiger partial charge in [0.25, 0.3) is 0 Å². The summed E-state index contributed by atoms with van der Waals surface area (Å²) in [6, 6.07) is 7.36. The van der Waals surface area contributed by atoms with Crippen molar-refractivity contribution in [1.82, 2.24) is 0 Å². The van der Waals surface area contributed by atoms with Gasteiger partial charge in [0.05, 0.1) is 4.92 Å². The molecule has 0 fully saturated rings. The average molecular weight is 309 g/mol. The SMILES string of the molecule is Cc1ccc(OCC(O)c2ccc(F)c(F)c2)c([N+](=O)[O-])c1. The summed E-state index contributed by atoms with van der Waals surface area (Å²) in [5, 5.41) is 20.8. The Labute approximate surface area is 124 Å². The van der Waals surface area contributed by atoms with Gasteiger partial charge in [0.2, 0.25) is 0 Å². The standard InChI is InChI=1S/C15H13F2NO4/c1-9-2-5-15(13(6-9)18(20)21)22-8-14(19)10-3-4-11(16)12(17)7-10/h2-7,14,19H,8H2,1H3. The van der Waals surface area contributed by atoms with Crippen molar-refractivity contribution in [3.63, 3.8) is 0 Å². The van der Waals surface area contributed by atoms with Gasteiger partial charge in [-0.3, -0.25) is 10.1 Å². The molecular weight excluding hydrogens is 296 g/mol. The number of aliphatic hydroxyl groups excluding tert-OH is 1. The first-order valence-electron chi connectivity index (χ1n) is 6.39. The molecule has 0 aromatic heterocycles. The van der Waals surface area contributed by atoms with Gasteiger partial charge in [-0.15, -0.1) is 0 Å². The number of nitrogens with zero attached hydrogens (tertiary/aromatic N) is 1. The van der Waals surface area contributed by atoms with Crippen LogP contribution in [0.15, 0.2) is 36.4 Å². The van der Waals surface area contributed by atoms with Crippen molar-refractivity contribution in [2.45, 2.75) is 13.0 Å². The third-order valence-corrected chi connectivity index (χ3v) is 3.04. The third kappa shape index (κ3) is 3.56. The molecule has 0 amide bonds. The summed E-state index contributed by atoms with van der Waals surface area (Å²) in [5.74, 6) is -2.11. The van der Waals surface area contributed by atoms with Gasteiger partial charge in [-0.25, -0.2) is 8.78 Å². The number of nitro benzene ring substituents is 1. The maximum atomic E-state index is 13.1. The molecule has 0 heterocycles. The number of hydrogen-bond acceptors (Lipinski definition) is 4. The van der Waals surface area contributed by atoms with E-state index < -0.39 is 22.7 Å². The van der Waals surface area contributed by atoms with E-state index in [-0.39, 0.29) is 23.6 Å². The van der Waals surface area contributed by atoms with E-state index in [1.54, 1.807) is 13.0 Å². The molecule has 0 radical (unpaired) electrons. The maximum Gasteiger partial charge on any atom is 0.311 e. The largest absolute Gasteiger partial charge is 0.484 e. The number of benzene rings is 2. The smallest absolute Gasteiger partial charge is 0.311 e. The molecule has 0 aliphatic heterocycles. The molecule has 1 unspecified atom stereocenters. The van der Waals surface area contributed by atoms with Gasteiger partial charge < -0.3 is 9.84 Å². The number of aliphatic hydroxyl groups is 1. The third-order valence-electron chi connectivity index (χ3n) is 3.04. The summed E-state index contributed by atoms with van der Waals surface area (Å²) in [6.45, 7) is 1.38. The second kappa shape index (κ2) is 6.48. The van der Waals surface area contributed by atoms with Crippen LogP contribution >= 0.6 is 0 Å². The van der Waals surface area contributed by atoms with Crippen LogP contribution in [0.4, 0.5) is 14.5 Å². The van der Waals surface area contributed by atoms with E-state index in [0.717, 1.165) is 12.1 Å². The molecule has 0 aliphatic rings. The summed E-state index contributed by atoms with van der Waals surface area (Å²) in [7, 11) is 0. The number of hydrogen-bond donors (Lipinski definition) is 1. The van der Waals surface area contributed by atoms with E-state index in [1.807, 2.05) is 0 Å². The van der Waals surface area contributed by atoms with Gasteiger partial charge in [0.1, 0.15) is 12.7 Å². The highest BCUT2D eigenvalue weighted by Crippen LogP contribution is 2.28. The lowest BCUT2D eigenvalue weighted by atomic mass is 10.1. The van der Waals surface area contributed by atoms with Crippen LogP contribution in [0.1, 0.15) is 17.2 Å². The Hall–Kier alpha value is -2.54. The van der Waals surface area contributed by atoms with Gasteiger partial charge in [-0.05, 0) is 36.2 Å². The van der Waals surface area contributed by atoms with E-state index in [2.05, 4.69) is 0 Å². The second-order valence-corrected chi connectivity index (χ2v) is 4.73. The average Bonchev–Trinajstić information content (AvgIpc) is 2.48. The second-order valence-electron chi connectivity index (χ2n) is 4.73. The zero-order valence-corrected chi connectivity index (χ0v) is 11.6. The van der Waals surface area contributed by atoms with Crippen LogP contribution in [0.2, 0.25) is 0 Å². The van der Waals surface area contributed by atoms with Crippen LogP contribution in [0, 0.1) is 28.7 Å².